The first-order valence-electron chi connectivity index (χ1n) is 7.60. The van der Waals surface area contributed by atoms with Crippen LogP contribution in [0.25, 0.3) is 10.8 Å². The molecule has 21 heavy (non-hydrogen) atoms. The molecule has 0 heterocycles. The molecule has 2 aromatic carbocycles. The Morgan fingerprint density at radius 1 is 0.810 bits per heavy atom. The van der Waals surface area contributed by atoms with Gasteiger partial charge in [-0.2, -0.15) is 0 Å². The molecule has 0 atom stereocenters. The van der Waals surface area contributed by atoms with E-state index in [0.717, 1.165) is 5.56 Å². The van der Waals surface area contributed by atoms with Gasteiger partial charge >= 0.3 is 0 Å². The van der Waals surface area contributed by atoms with E-state index in [9.17, 15) is 4.79 Å². The number of benzene rings is 2. The van der Waals surface area contributed by atoms with E-state index in [1.54, 1.807) is 6.92 Å². The summed E-state index contributed by atoms with van der Waals surface area (Å²) in [5.41, 5.74) is 3.43. The highest BCUT2D eigenvalue weighted by Crippen LogP contribution is 2.36. The Morgan fingerprint density at radius 3 is 1.86 bits per heavy atom. The normalized spacial score (nSPS) is 12.7. The third-order valence-corrected chi connectivity index (χ3v) is 4.02. The molecular formula is C20H26O. The lowest BCUT2D eigenvalue weighted by molar-refractivity contribution is 0.101. The first-order chi connectivity index (χ1) is 9.51. The second-order valence-corrected chi connectivity index (χ2v) is 7.98. The van der Waals surface area contributed by atoms with Crippen molar-refractivity contribution in [2.75, 3.05) is 0 Å². The largest absolute Gasteiger partial charge is 0.295 e. The smallest absolute Gasteiger partial charge is 0.159 e. The Morgan fingerprint density at radius 2 is 1.38 bits per heavy atom. The zero-order valence-electron chi connectivity index (χ0n) is 14.3. The summed E-state index contributed by atoms with van der Waals surface area (Å²) in [6.07, 6.45) is 0. The number of hydrogen-bond donors (Lipinski definition) is 0. The minimum absolute atomic E-state index is 0.0141. The van der Waals surface area contributed by atoms with Crippen molar-refractivity contribution in [2.24, 2.45) is 0 Å². The summed E-state index contributed by atoms with van der Waals surface area (Å²) in [5, 5.41) is 2.47. The molecule has 0 aliphatic rings. The third kappa shape index (κ3) is 3.02. The van der Waals surface area contributed by atoms with Gasteiger partial charge in [0.15, 0.2) is 5.78 Å². The van der Waals surface area contributed by atoms with E-state index in [2.05, 4.69) is 71.9 Å². The van der Waals surface area contributed by atoms with Gasteiger partial charge in [-0.3, -0.25) is 4.79 Å². The standard InChI is InChI=1S/C20H26O/c1-13(21)14-11-16-15(18(12-14)20(5,6)7)9-8-10-17(16)19(2,3)4/h8-12H,1-7H3. The maximum atomic E-state index is 11.9. The summed E-state index contributed by atoms with van der Waals surface area (Å²) in [5.74, 6) is 0.131. The second kappa shape index (κ2) is 4.98. The Balaban J connectivity index is 2.95. The van der Waals surface area contributed by atoms with E-state index in [-0.39, 0.29) is 16.6 Å². The summed E-state index contributed by atoms with van der Waals surface area (Å²) >= 11 is 0. The molecule has 0 unspecified atom stereocenters. The molecular weight excluding hydrogens is 256 g/mol. The zero-order valence-corrected chi connectivity index (χ0v) is 14.3. The number of hydrogen-bond acceptors (Lipinski definition) is 1. The molecule has 0 aliphatic heterocycles. The summed E-state index contributed by atoms with van der Waals surface area (Å²) < 4.78 is 0. The first kappa shape index (κ1) is 15.8. The molecule has 0 fully saturated rings. The molecule has 2 aromatic rings. The van der Waals surface area contributed by atoms with Crippen molar-refractivity contribution in [3.05, 3.63) is 47.0 Å². The van der Waals surface area contributed by atoms with Gasteiger partial charge in [-0.15, -0.1) is 0 Å². The molecule has 0 spiro atoms. The molecule has 0 aromatic heterocycles. The fraction of sp³-hybridized carbons (Fsp3) is 0.450. The number of ketones is 1. The summed E-state index contributed by atoms with van der Waals surface area (Å²) in [6.45, 7) is 14.9. The molecule has 0 saturated heterocycles. The van der Waals surface area contributed by atoms with Crippen LogP contribution in [0.5, 0.6) is 0 Å². The van der Waals surface area contributed by atoms with E-state index in [4.69, 9.17) is 0 Å². The quantitative estimate of drug-likeness (QED) is 0.619. The Hall–Kier alpha value is -1.63. The lowest BCUT2D eigenvalue weighted by Crippen LogP contribution is -2.16. The van der Waals surface area contributed by atoms with E-state index in [1.807, 2.05) is 0 Å². The number of carbonyl (C=O) groups excluding carboxylic acids is 1. The molecule has 0 radical (unpaired) electrons. The highest BCUT2D eigenvalue weighted by Gasteiger charge is 2.23. The maximum absolute atomic E-state index is 11.9. The molecule has 1 heteroatoms. The van der Waals surface area contributed by atoms with Crippen molar-refractivity contribution in [3.63, 3.8) is 0 Å². The average molecular weight is 282 g/mol. The van der Waals surface area contributed by atoms with Crippen LogP contribution in [0.15, 0.2) is 30.3 Å². The van der Waals surface area contributed by atoms with E-state index < -0.39 is 0 Å². The van der Waals surface area contributed by atoms with Gasteiger partial charge in [0.1, 0.15) is 0 Å². The van der Waals surface area contributed by atoms with Gasteiger partial charge in [0, 0.05) is 5.56 Å². The van der Waals surface area contributed by atoms with Crippen LogP contribution in [-0.4, -0.2) is 5.78 Å². The maximum Gasteiger partial charge on any atom is 0.159 e. The van der Waals surface area contributed by atoms with E-state index >= 15 is 0 Å². The topological polar surface area (TPSA) is 17.1 Å². The molecule has 112 valence electrons. The molecule has 2 rings (SSSR count). The molecule has 0 bridgehead atoms. The van der Waals surface area contributed by atoms with Gasteiger partial charge in [-0.25, -0.2) is 0 Å². The van der Waals surface area contributed by atoms with Gasteiger partial charge in [-0.1, -0.05) is 59.7 Å². The van der Waals surface area contributed by atoms with Crippen molar-refractivity contribution < 1.29 is 4.79 Å². The lowest BCUT2D eigenvalue weighted by atomic mass is 9.78. The minimum atomic E-state index is 0.0141. The van der Waals surface area contributed by atoms with Crippen LogP contribution < -0.4 is 0 Å². The Labute approximate surface area is 128 Å². The molecule has 0 aliphatic carbocycles. The SMILES string of the molecule is CC(=O)c1cc(C(C)(C)C)c2cccc(C(C)(C)C)c2c1. The van der Waals surface area contributed by atoms with Gasteiger partial charge in [0.05, 0.1) is 0 Å². The van der Waals surface area contributed by atoms with Crippen LogP contribution in [0.1, 0.15) is 70.0 Å². The fourth-order valence-electron chi connectivity index (χ4n) is 2.86. The van der Waals surface area contributed by atoms with Crippen molar-refractivity contribution in [1.82, 2.24) is 0 Å². The van der Waals surface area contributed by atoms with Crippen molar-refractivity contribution in [1.29, 1.82) is 0 Å². The van der Waals surface area contributed by atoms with Gasteiger partial charge in [-0.05, 0) is 51.8 Å². The number of Topliss-reactive ketones (excluding diaryl/α,β-unsaturated/α-hetero) is 1. The average Bonchev–Trinajstić information content (AvgIpc) is 2.34. The van der Waals surface area contributed by atoms with E-state index in [1.165, 1.54) is 21.9 Å². The van der Waals surface area contributed by atoms with Crippen LogP contribution in [0, 0.1) is 0 Å². The van der Waals surface area contributed by atoms with Crippen molar-refractivity contribution >= 4 is 16.6 Å². The van der Waals surface area contributed by atoms with E-state index in [0.29, 0.717) is 0 Å². The van der Waals surface area contributed by atoms with Crippen molar-refractivity contribution in [2.45, 2.75) is 59.3 Å². The minimum Gasteiger partial charge on any atom is -0.295 e. The zero-order chi connectivity index (χ0) is 16.0. The fourth-order valence-corrected chi connectivity index (χ4v) is 2.86. The predicted octanol–water partition coefficient (Wildman–Crippen LogP) is 5.64. The van der Waals surface area contributed by atoms with Crippen LogP contribution in [-0.2, 0) is 10.8 Å². The van der Waals surface area contributed by atoms with Crippen LogP contribution in [0.2, 0.25) is 0 Å². The molecule has 0 saturated carbocycles. The monoisotopic (exact) mass is 282 g/mol. The number of rotatable bonds is 1. The number of fused-ring (bicyclic) bond motifs is 1. The molecule has 1 nitrogen and oxygen atoms in total. The van der Waals surface area contributed by atoms with Gasteiger partial charge < -0.3 is 0 Å². The third-order valence-electron chi connectivity index (χ3n) is 4.02. The predicted molar refractivity (Wildman–Crippen MR) is 91.4 cm³/mol. The summed E-state index contributed by atoms with van der Waals surface area (Å²) in [7, 11) is 0. The van der Waals surface area contributed by atoms with Crippen LogP contribution in [0.3, 0.4) is 0 Å². The summed E-state index contributed by atoms with van der Waals surface area (Å²) in [4.78, 5) is 11.9. The van der Waals surface area contributed by atoms with Crippen LogP contribution >= 0.6 is 0 Å². The van der Waals surface area contributed by atoms with Gasteiger partial charge in [0.25, 0.3) is 0 Å². The highest BCUT2D eigenvalue weighted by atomic mass is 16.1. The second-order valence-electron chi connectivity index (χ2n) is 7.98. The Kier molecular flexibility index (Phi) is 3.73. The Bertz CT molecular complexity index is 694. The molecule has 0 amide bonds. The molecule has 0 N–H and O–H groups in total. The number of carbonyl (C=O) groups is 1. The van der Waals surface area contributed by atoms with Crippen molar-refractivity contribution in [3.8, 4) is 0 Å². The first-order valence-corrected chi connectivity index (χ1v) is 7.60. The highest BCUT2D eigenvalue weighted by molar-refractivity contribution is 6.01. The summed E-state index contributed by atoms with van der Waals surface area (Å²) in [6, 6.07) is 10.6. The van der Waals surface area contributed by atoms with Gasteiger partial charge in [0.2, 0.25) is 0 Å². The lowest BCUT2D eigenvalue weighted by Gasteiger charge is -2.26. The van der Waals surface area contributed by atoms with Crippen LogP contribution in [0.4, 0.5) is 0 Å².